The molecule has 1 amide bonds. The van der Waals surface area contributed by atoms with Crippen LogP contribution in [0, 0.1) is 13.8 Å². The summed E-state index contributed by atoms with van der Waals surface area (Å²) in [6, 6.07) is 22.4. The molecule has 4 aromatic rings. The van der Waals surface area contributed by atoms with Gasteiger partial charge in [-0.1, -0.05) is 47.7 Å². The highest BCUT2D eigenvalue weighted by Gasteiger charge is 2.20. The normalized spacial score (nSPS) is 11.0. The van der Waals surface area contributed by atoms with Gasteiger partial charge < -0.3 is 4.74 Å². The van der Waals surface area contributed by atoms with Crippen LogP contribution in [0.3, 0.4) is 0 Å². The van der Waals surface area contributed by atoms with Crippen molar-refractivity contribution in [3.05, 3.63) is 83.4 Å². The fourth-order valence-corrected chi connectivity index (χ4v) is 5.61. The van der Waals surface area contributed by atoms with Gasteiger partial charge in [-0.2, -0.15) is 0 Å². The second-order valence-electron chi connectivity index (χ2n) is 8.02. The molecule has 170 valence electrons. The van der Waals surface area contributed by atoms with Gasteiger partial charge in [-0.05, 0) is 73.0 Å². The number of methoxy groups -OCH3 is 1. The van der Waals surface area contributed by atoms with Gasteiger partial charge in [0.05, 0.1) is 23.9 Å². The highest BCUT2D eigenvalue weighted by atomic mass is 32.2. The van der Waals surface area contributed by atoms with E-state index in [2.05, 4.69) is 50.2 Å². The summed E-state index contributed by atoms with van der Waals surface area (Å²) in [7, 11) is 1.67. The Morgan fingerprint density at radius 2 is 1.82 bits per heavy atom. The molecule has 6 heteroatoms. The number of benzene rings is 3. The van der Waals surface area contributed by atoms with Gasteiger partial charge in [0, 0.05) is 11.3 Å². The van der Waals surface area contributed by atoms with Crippen LogP contribution in [0.4, 0.5) is 5.13 Å². The lowest BCUT2D eigenvalue weighted by Gasteiger charge is -2.20. The van der Waals surface area contributed by atoms with Gasteiger partial charge in [-0.15, -0.1) is 11.8 Å². The molecule has 0 aliphatic carbocycles. The molecule has 0 radical (unpaired) electrons. The Morgan fingerprint density at radius 3 is 2.55 bits per heavy atom. The van der Waals surface area contributed by atoms with E-state index in [1.165, 1.54) is 16.0 Å². The molecule has 0 spiro atoms. The fourth-order valence-electron chi connectivity index (χ4n) is 3.73. The number of anilines is 1. The van der Waals surface area contributed by atoms with E-state index in [4.69, 9.17) is 9.72 Å². The van der Waals surface area contributed by atoms with Crippen LogP contribution in [-0.4, -0.2) is 23.8 Å². The van der Waals surface area contributed by atoms with Crippen LogP contribution in [0.15, 0.2) is 71.6 Å². The quantitative estimate of drug-likeness (QED) is 0.192. The summed E-state index contributed by atoms with van der Waals surface area (Å²) in [4.78, 5) is 21.2. The molecule has 0 unspecified atom stereocenters. The summed E-state index contributed by atoms with van der Waals surface area (Å²) < 4.78 is 6.36. The largest absolute Gasteiger partial charge is 0.497 e. The third-order valence-electron chi connectivity index (χ3n) is 5.39. The molecule has 0 saturated heterocycles. The van der Waals surface area contributed by atoms with Gasteiger partial charge >= 0.3 is 0 Å². The van der Waals surface area contributed by atoms with Crippen LogP contribution in [0.25, 0.3) is 10.2 Å². The van der Waals surface area contributed by atoms with Crippen molar-refractivity contribution in [3.63, 3.8) is 0 Å². The number of hydrogen-bond acceptors (Lipinski definition) is 5. The standard InChI is InChI=1S/C27H28N2O2S2/c1-19-16-20(2)26-24(17-19)28-27(33-26)29(18-21-8-5-4-6-9-21)25(30)10-7-15-32-23-13-11-22(31-3)12-14-23/h4-6,8-9,11-14,16-17H,7,10,15,18H2,1-3H3. The molecule has 4 nitrogen and oxygen atoms in total. The highest BCUT2D eigenvalue weighted by molar-refractivity contribution is 7.99. The van der Waals surface area contributed by atoms with Gasteiger partial charge in [0.1, 0.15) is 5.75 Å². The zero-order chi connectivity index (χ0) is 23.2. The summed E-state index contributed by atoms with van der Waals surface area (Å²) in [5, 5.41) is 0.773. The van der Waals surface area contributed by atoms with E-state index in [-0.39, 0.29) is 5.91 Å². The Kier molecular flexibility index (Phi) is 7.68. The monoisotopic (exact) mass is 476 g/mol. The van der Waals surface area contributed by atoms with E-state index in [0.29, 0.717) is 13.0 Å². The van der Waals surface area contributed by atoms with Crippen LogP contribution in [-0.2, 0) is 11.3 Å². The van der Waals surface area contributed by atoms with E-state index in [9.17, 15) is 4.79 Å². The van der Waals surface area contributed by atoms with Crippen molar-refractivity contribution >= 4 is 44.4 Å². The van der Waals surface area contributed by atoms with E-state index in [0.717, 1.165) is 38.8 Å². The minimum Gasteiger partial charge on any atom is -0.497 e. The number of nitrogens with zero attached hydrogens (tertiary/aromatic N) is 2. The minimum atomic E-state index is 0.114. The van der Waals surface area contributed by atoms with E-state index < -0.39 is 0 Å². The summed E-state index contributed by atoms with van der Waals surface area (Å²) in [5.74, 6) is 1.85. The lowest BCUT2D eigenvalue weighted by molar-refractivity contribution is -0.118. The number of hydrogen-bond donors (Lipinski definition) is 0. The number of aryl methyl sites for hydroxylation is 2. The zero-order valence-electron chi connectivity index (χ0n) is 19.2. The third kappa shape index (κ3) is 5.95. The molecule has 3 aromatic carbocycles. The van der Waals surface area contributed by atoms with Crippen LogP contribution in [0.1, 0.15) is 29.5 Å². The predicted octanol–water partition coefficient (Wildman–Crippen LogP) is 7.03. The zero-order valence-corrected chi connectivity index (χ0v) is 20.8. The molecule has 0 aliphatic heterocycles. The number of carbonyl (C=O) groups excluding carboxylic acids is 1. The fraction of sp³-hybridized carbons (Fsp3) is 0.259. The number of rotatable bonds is 9. The van der Waals surface area contributed by atoms with Crippen LogP contribution in [0.2, 0.25) is 0 Å². The molecule has 0 saturated carbocycles. The van der Waals surface area contributed by atoms with Crippen molar-refractivity contribution in [1.82, 2.24) is 4.98 Å². The number of amides is 1. The SMILES string of the molecule is COc1ccc(SCCCC(=O)N(Cc2ccccc2)c2nc3cc(C)cc(C)c3s2)cc1. The van der Waals surface area contributed by atoms with Gasteiger partial charge in [0.15, 0.2) is 5.13 Å². The maximum atomic E-state index is 13.3. The van der Waals surface area contributed by atoms with E-state index in [1.807, 2.05) is 35.2 Å². The Balaban J connectivity index is 1.47. The Hall–Kier alpha value is -2.83. The number of thiazole rings is 1. The smallest absolute Gasteiger partial charge is 0.229 e. The first kappa shape index (κ1) is 23.3. The van der Waals surface area contributed by atoms with Crippen molar-refractivity contribution in [2.24, 2.45) is 0 Å². The Bertz CT molecular complexity index is 1220. The average Bonchev–Trinajstić information content (AvgIpc) is 3.25. The maximum absolute atomic E-state index is 13.3. The minimum absolute atomic E-state index is 0.114. The summed E-state index contributed by atoms with van der Waals surface area (Å²) >= 11 is 3.37. The molecule has 33 heavy (non-hydrogen) atoms. The Morgan fingerprint density at radius 1 is 1.06 bits per heavy atom. The van der Waals surface area contributed by atoms with Gasteiger partial charge in [-0.25, -0.2) is 4.98 Å². The van der Waals surface area contributed by atoms with Gasteiger partial charge in [0.2, 0.25) is 5.91 Å². The summed E-state index contributed by atoms with van der Waals surface area (Å²) in [6.45, 7) is 4.72. The third-order valence-corrected chi connectivity index (χ3v) is 7.72. The molecule has 0 bridgehead atoms. The van der Waals surface area contributed by atoms with E-state index in [1.54, 1.807) is 30.2 Å². The molecule has 0 aliphatic rings. The predicted molar refractivity (Wildman–Crippen MR) is 140 cm³/mol. The average molecular weight is 477 g/mol. The van der Waals surface area contributed by atoms with Crippen molar-refractivity contribution in [2.75, 3.05) is 17.8 Å². The van der Waals surface area contributed by atoms with Crippen molar-refractivity contribution in [3.8, 4) is 5.75 Å². The number of fused-ring (bicyclic) bond motifs is 1. The topological polar surface area (TPSA) is 42.4 Å². The lowest BCUT2D eigenvalue weighted by atomic mass is 10.1. The molecular formula is C27H28N2O2S2. The van der Waals surface area contributed by atoms with Crippen LogP contribution >= 0.6 is 23.1 Å². The number of carbonyl (C=O) groups is 1. The number of aromatic nitrogens is 1. The first-order valence-electron chi connectivity index (χ1n) is 11.0. The Labute approximate surface area is 203 Å². The first-order valence-corrected chi connectivity index (χ1v) is 12.8. The van der Waals surface area contributed by atoms with Crippen LogP contribution in [0.5, 0.6) is 5.75 Å². The van der Waals surface area contributed by atoms with Crippen molar-refractivity contribution in [1.29, 1.82) is 0 Å². The maximum Gasteiger partial charge on any atom is 0.229 e. The first-order chi connectivity index (χ1) is 16.0. The van der Waals surface area contributed by atoms with Gasteiger partial charge in [-0.3, -0.25) is 9.69 Å². The molecule has 1 aromatic heterocycles. The summed E-state index contributed by atoms with van der Waals surface area (Å²) in [5.41, 5.74) is 4.46. The summed E-state index contributed by atoms with van der Waals surface area (Å²) in [6.07, 6.45) is 1.30. The van der Waals surface area contributed by atoms with E-state index >= 15 is 0 Å². The molecule has 1 heterocycles. The second kappa shape index (κ2) is 10.9. The molecule has 0 fully saturated rings. The highest BCUT2D eigenvalue weighted by Crippen LogP contribution is 2.33. The van der Waals surface area contributed by atoms with Gasteiger partial charge in [0.25, 0.3) is 0 Å². The van der Waals surface area contributed by atoms with Crippen molar-refractivity contribution < 1.29 is 9.53 Å². The van der Waals surface area contributed by atoms with Crippen molar-refractivity contribution in [2.45, 2.75) is 38.1 Å². The molecule has 0 atom stereocenters. The molecule has 4 rings (SSSR count). The second-order valence-corrected chi connectivity index (χ2v) is 10.2. The number of ether oxygens (including phenoxy) is 1. The van der Waals surface area contributed by atoms with Crippen LogP contribution < -0.4 is 9.64 Å². The molecular weight excluding hydrogens is 448 g/mol. The molecule has 0 N–H and O–H groups in total. The number of thioether (sulfide) groups is 1. The lowest BCUT2D eigenvalue weighted by Crippen LogP contribution is -2.30.